The van der Waals surface area contributed by atoms with Gasteiger partial charge >= 0.3 is 6.09 Å². The molecule has 1 heterocycles. The summed E-state index contributed by atoms with van der Waals surface area (Å²) in [7, 11) is 0. The first-order valence-corrected chi connectivity index (χ1v) is 7.20. The lowest BCUT2D eigenvalue weighted by Gasteiger charge is -2.32. The Morgan fingerprint density at radius 3 is 2.62 bits per heavy atom. The SMILES string of the molecule is N=C(NC(=O)OCc1ccccc1)N1CCC(CN)CC1. The standard InChI is InChI=1S/C15H22N4O2/c16-10-12-6-8-19(9-7-12)14(17)18-15(20)21-11-13-4-2-1-3-5-13/h1-5,12H,6-11,16H2,(H2,17,18,20). The van der Waals surface area contributed by atoms with Crippen LogP contribution in [0.3, 0.4) is 0 Å². The summed E-state index contributed by atoms with van der Waals surface area (Å²) in [5, 5.41) is 10.4. The van der Waals surface area contributed by atoms with Crippen LogP contribution >= 0.6 is 0 Å². The maximum atomic E-state index is 11.7. The van der Waals surface area contributed by atoms with Crippen molar-refractivity contribution >= 4 is 12.1 Å². The minimum atomic E-state index is -0.593. The third kappa shape index (κ3) is 4.75. The number of hydrogen-bond donors (Lipinski definition) is 3. The molecule has 1 fully saturated rings. The van der Waals surface area contributed by atoms with Crippen LogP contribution in [0.4, 0.5) is 4.79 Å². The average molecular weight is 290 g/mol. The lowest BCUT2D eigenvalue weighted by atomic mass is 9.97. The fraction of sp³-hybridized carbons (Fsp3) is 0.467. The van der Waals surface area contributed by atoms with Gasteiger partial charge < -0.3 is 15.4 Å². The average Bonchev–Trinajstić information content (AvgIpc) is 2.54. The molecule has 6 nitrogen and oxygen atoms in total. The van der Waals surface area contributed by atoms with E-state index in [1.807, 2.05) is 35.2 Å². The number of rotatable bonds is 3. The molecule has 2 rings (SSSR count). The molecule has 0 aliphatic carbocycles. The van der Waals surface area contributed by atoms with Gasteiger partial charge in [0.25, 0.3) is 0 Å². The molecule has 0 saturated carbocycles. The summed E-state index contributed by atoms with van der Waals surface area (Å²) >= 11 is 0. The van der Waals surface area contributed by atoms with E-state index in [1.165, 1.54) is 0 Å². The first-order valence-electron chi connectivity index (χ1n) is 7.20. The van der Waals surface area contributed by atoms with Crippen molar-refractivity contribution in [3.05, 3.63) is 35.9 Å². The Bertz CT molecular complexity index is 470. The van der Waals surface area contributed by atoms with Crippen LogP contribution in [0.5, 0.6) is 0 Å². The number of likely N-dealkylation sites (tertiary alicyclic amines) is 1. The zero-order chi connectivity index (χ0) is 15.1. The minimum absolute atomic E-state index is 0.100. The molecule has 4 N–H and O–H groups in total. The van der Waals surface area contributed by atoms with Crippen LogP contribution in [0.25, 0.3) is 0 Å². The quantitative estimate of drug-likeness (QED) is 0.581. The van der Waals surface area contributed by atoms with Crippen molar-refractivity contribution in [2.75, 3.05) is 19.6 Å². The number of carbonyl (C=O) groups is 1. The molecule has 0 aromatic heterocycles. The number of nitrogens with zero attached hydrogens (tertiary/aromatic N) is 1. The molecule has 114 valence electrons. The van der Waals surface area contributed by atoms with Gasteiger partial charge in [-0.1, -0.05) is 30.3 Å². The maximum absolute atomic E-state index is 11.7. The lowest BCUT2D eigenvalue weighted by Crippen LogP contribution is -2.47. The number of amides is 1. The van der Waals surface area contributed by atoms with E-state index in [4.69, 9.17) is 15.9 Å². The van der Waals surface area contributed by atoms with E-state index in [2.05, 4.69) is 5.32 Å². The maximum Gasteiger partial charge on any atom is 0.414 e. The summed E-state index contributed by atoms with van der Waals surface area (Å²) in [6.45, 7) is 2.39. The van der Waals surface area contributed by atoms with E-state index in [0.29, 0.717) is 12.5 Å². The first-order chi connectivity index (χ1) is 10.2. The van der Waals surface area contributed by atoms with Gasteiger partial charge in [-0.25, -0.2) is 4.79 Å². The van der Waals surface area contributed by atoms with Crippen molar-refractivity contribution in [1.29, 1.82) is 5.41 Å². The molecule has 0 spiro atoms. The molecule has 1 aliphatic heterocycles. The second-order valence-electron chi connectivity index (χ2n) is 5.20. The Hall–Kier alpha value is -2.08. The molecule has 1 amide bonds. The molecule has 21 heavy (non-hydrogen) atoms. The number of nitrogens with two attached hydrogens (primary N) is 1. The predicted octanol–water partition coefficient (Wildman–Crippen LogP) is 1.52. The van der Waals surface area contributed by atoms with Crippen molar-refractivity contribution in [2.45, 2.75) is 19.4 Å². The van der Waals surface area contributed by atoms with Gasteiger partial charge in [-0.3, -0.25) is 10.7 Å². The van der Waals surface area contributed by atoms with Crippen molar-refractivity contribution in [2.24, 2.45) is 11.7 Å². The van der Waals surface area contributed by atoms with E-state index in [-0.39, 0.29) is 12.6 Å². The topological polar surface area (TPSA) is 91.4 Å². The van der Waals surface area contributed by atoms with Crippen LogP contribution in [-0.2, 0) is 11.3 Å². The molecular formula is C15H22N4O2. The van der Waals surface area contributed by atoms with E-state index in [1.54, 1.807) is 0 Å². The third-order valence-corrected chi connectivity index (χ3v) is 3.70. The lowest BCUT2D eigenvalue weighted by molar-refractivity contribution is 0.143. The van der Waals surface area contributed by atoms with Crippen molar-refractivity contribution in [3.8, 4) is 0 Å². The molecule has 1 aliphatic rings. The zero-order valence-corrected chi connectivity index (χ0v) is 12.0. The number of guanidine groups is 1. The second-order valence-corrected chi connectivity index (χ2v) is 5.20. The van der Waals surface area contributed by atoms with Crippen LogP contribution in [0.2, 0.25) is 0 Å². The van der Waals surface area contributed by atoms with Gasteiger partial charge in [0.15, 0.2) is 0 Å². The number of hydrogen-bond acceptors (Lipinski definition) is 4. The highest BCUT2D eigenvalue weighted by molar-refractivity contribution is 5.92. The highest BCUT2D eigenvalue weighted by Gasteiger charge is 2.21. The Labute approximate surface area is 124 Å². The van der Waals surface area contributed by atoms with Gasteiger partial charge in [0, 0.05) is 13.1 Å². The van der Waals surface area contributed by atoms with Gasteiger partial charge in [-0.2, -0.15) is 0 Å². The Balaban J connectivity index is 1.71. The number of alkyl carbamates (subject to hydrolysis) is 1. The number of benzene rings is 1. The number of ether oxygens (including phenoxy) is 1. The summed E-state index contributed by atoms with van der Waals surface area (Å²) in [5.74, 6) is 0.627. The zero-order valence-electron chi connectivity index (χ0n) is 12.0. The molecule has 0 bridgehead atoms. The molecule has 1 aromatic carbocycles. The fourth-order valence-corrected chi connectivity index (χ4v) is 2.33. The van der Waals surface area contributed by atoms with Gasteiger partial charge in [0.05, 0.1) is 0 Å². The van der Waals surface area contributed by atoms with Gasteiger partial charge in [-0.05, 0) is 30.9 Å². The monoisotopic (exact) mass is 290 g/mol. The van der Waals surface area contributed by atoms with Gasteiger partial charge in [0.1, 0.15) is 6.61 Å². The molecule has 1 saturated heterocycles. The summed E-state index contributed by atoms with van der Waals surface area (Å²) in [5.41, 5.74) is 6.56. The van der Waals surface area contributed by atoms with Gasteiger partial charge in [-0.15, -0.1) is 0 Å². The molecule has 1 aromatic rings. The van der Waals surface area contributed by atoms with E-state index >= 15 is 0 Å². The minimum Gasteiger partial charge on any atom is -0.444 e. The summed E-state index contributed by atoms with van der Waals surface area (Å²) in [6.07, 6.45) is 1.32. The predicted molar refractivity (Wildman–Crippen MR) is 80.8 cm³/mol. The van der Waals surface area contributed by atoms with Crippen LogP contribution < -0.4 is 11.1 Å². The number of piperidine rings is 1. The fourth-order valence-electron chi connectivity index (χ4n) is 2.33. The smallest absolute Gasteiger partial charge is 0.414 e. The third-order valence-electron chi connectivity index (χ3n) is 3.70. The summed E-state index contributed by atoms with van der Waals surface area (Å²) in [6, 6.07) is 9.46. The van der Waals surface area contributed by atoms with Crippen LogP contribution in [0.1, 0.15) is 18.4 Å². The number of carbonyl (C=O) groups excluding carboxylic acids is 1. The molecule has 0 unspecified atom stereocenters. The van der Waals surface area contributed by atoms with Crippen LogP contribution in [0, 0.1) is 11.3 Å². The van der Waals surface area contributed by atoms with Crippen LogP contribution in [0.15, 0.2) is 30.3 Å². The molecule has 0 atom stereocenters. The van der Waals surface area contributed by atoms with E-state index in [0.717, 1.165) is 31.5 Å². The van der Waals surface area contributed by atoms with E-state index < -0.39 is 6.09 Å². The Morgan fingerprint density at radius 2 is 2.00 bits per heavy atom. The summed E-state index contributed by atoms with van der Waals surface area (Å²) in [4.78, 5) is 13.5. The normalized spacial score (nSPS) is 15.6. The Morgan fingerprint density at radius 1 is 1.33 bits per heavy atom. The molecule has 0 radical (unpaired) electrons. The summed E-state index contributed by atoms with van der Waals surface area (Å²) < 4.78 is 5.09. The van der Waals surface area contributed by atoms with Crippen molar-refractivity contribution < 1.29 is 9.53 Å². The number of nitrogens with one attached hydrogen (secondary N) is 2. The van der Waals surface area contributed by atoms with Crippen molar-refractivity contribution in [1.82, 2.24) is 10.2 Å². The first kappa shape index (κ1) is 15.3. The largest absolute Gasteiger partial charge is 0.444 e. The molecule has 6 heteroatoms. The van der Waals surface area contributed by atoms with Crippen LogP contribution in [-0.4, -0.2) is 36.6 Å². The van der Waals surface area contributed by atoms with E-state index in [9.17, 15) is 4.79 Å². The van der Waals surface area contributed by atoms with Crippen molar-refractivity contribution in [3.63, 3.8) is 0 Å². The molecular weight excluding hydrogens is 268 g/mol. The Kier molecular flexibility index (Phi) is 5.57. The second kappa shape index (κ2) is 7.64. The van der Waals surface area contributed by atoms with Gasteiger partial charge in [0.2, 0.25) is 5.96 Å². The highest BCUT2D eigenvalue weighted by Crippen LogP contribution is 2.15. The highest BCUT2D eigenvalue weighted by atomic mass is 16.5.